The third-order valence-corrected chi connectivity index (χ3v) is 2.94. The number of nitrogens with two attached hydrogens (primary N) is 2. The molecule has 0 saturated heterocycles. The molecule has 0 aromatic heterocycles. The lowest BCUT2D eigenvalue weighted by atomic mass is 10.0. The van der Waals surface area contributed by atoms with Crippen LogP contribution in [0.25, 0.3) is 11.1 Å². The molecule has 0 amide bonds. The van der Waals surface area contributed by atoms with E-state index in [2.05, 4.69) is 18.2 Å². The summed E-state index contributed by atoms with van der Waals surface area (Å²) in [6, 6.07) is 12.2. The molecular formula is C13H12N2. The van der Waals surface area contributed by atoms with Crippen LogP contribution in [-0.2, 0) is 6.42 Å². The summed E-state index contributed by atoms with van der Waals surface area (Å²) in [5, 5.41) is 0. The lowest BCUT2D eigenvalue weighted by Crippen LogP contribution is -1.94. The Labute approximate surface area is 88.5 Å². The molecule has 15 heavy (non-hydrogen) atoms. The van der Waals surface area contributed by atoms with Crippen molar-refractivity contribution in [2.75, 3.05) is 11.5 Å². The van der Waals surface area contributed by atoms with Crippen molar-refractivity contribution in [3.8, 4) is 11.1 Å². The maximum atomic E-state index is 6.01. The first-order chi connectivity index (χ1) is 7.25. The molecule has 2 heteroatoms. The summed E-state index contributed by atoms with van der Waals surface area (Å²) in [6.07, 6.45) is 0.945. The molecule has 0 saturated carbocycles. The molecule has 74 valence electrons. The van der Waals surface area contributed by atoms with E-state index in [-0.39, 0.29) is 0 Å². The van der Waals surface area contributed by atoms with E-state index in [1.165, 1.54) is 22.3 Å². The van der Waals surface area contributed by atoms with Gasteiger partial charge in [0.05, 0.1) is 0 Å². The number of fused-ring (bicyclic) bond motifs is 3. The van der Waals surface area contributed by atoms with Crippen molar-refractivity contribution in [1.29, 1.82) is 0 Å². The minimum atomic E-state index is 0.749. The molecule has 1 aliphatic carbocycles. The van der Waals surface area contributed by atoms with Crippen LogP contribution in [0.3, 0.4) is 0 Å². The molecule has 0 unspecified atom stereocenters. The van der Waals surface area contributed by atoms with E-state index in [0.29, 0.717) is 0 Å². The number of benzene rings is 2. The van der Waals surface area contributed by atoms with Crippen LogP contribution in [-0.4, -0.2) is 0 Å². The molecule has 0 bridgehead atoms. The summed E-state index contributed by atoms with van der Waals surface area (Å²) in [6.45, 7) is 0. The smallest absolute Gasteiger partial charge is 0.0417 e. The molecular weight excluding hydrogens is 184 g/mol. The molecule has 4 N–H and O–H groups in total. The quantitative estimate of drug-likeness (QED) is 0.542. The topological polar surface area (TPSA) is 52.0 Å². The van der Waals surface area contributed by atoms with E-state index in [1.54, 1.807) is 0 Å². The molecule has 2 aromatic carbocycles. The van der Waals surface area contributed by atoms with Gasteiger partial charge in [0.2, 0.25) is 0 Å². The van der Waals surface area contributed by atoms with E-state index in [0.717, 1.165) is 17.8 Å². The minimum absolute atomic E-state index is 0.749. The summed E-state index contributed by atoms with van der Waals surface area (Å²) in [4.78, 5) is 0. The minimum Gasteiger partial charge on any atom is -0.399 e. The summed E-state index contributed by atoms with van der Waals surface area (Å²) in [7, 11) is 0. The number of nitrogen functional groups attached to an aromatic ring is 2. The van der Waals surface area contributed by atoms with E-state index < -0.39 is 0 Å². The lowest BCUT2D eigenvalue weighted by Gasteiger charge is -2.06. The van der Waals surface area contributed by atoms with Crippen LogP contribution < -0.4 is 11.5 Å². The second-order valence-corrected chi connectivity index (χ2v) is 3.98. The van der Waals surface area contributed by atoms with Crippen molar-refractivity contribution in [2.45, 2.75) is 6.42 Å². The van der Waals surface area contributed by atoms with Crippen LogP contribution in [0.5, 0.6) is 0 Å². The van der Waals surface area contributed by atoms with Crippen LogP contribution in [0.4, 0.5) is 11.4 Å². The molecule has 2 nitrogen and oxygen atoms in total. The average molecular weight is 196 g/mol. The monoisotopic (exact) mass is 196 g/mol. The Bertz CT molecular complexity index is 544. The molecule has 3 rings (SSSR count). The first-order valence-corrected chi connectivity index (χ1v) is 5.02. The van der Waals surface area contributed by atoms with Crippen molar-refractivity contribution in [3.05, 3.63) is 47.5 Å². The third kappa shape index (κ3) is 1.11. The highest BCUT2D eigenvalue weighted by molar-refractivity contribution is 5.87. The van der Waals surface area contributed by atoms with Gasteiger partial charge in [0.25, 0.3) is 0 Å². The first-order valence-electron chi connectivity index (χ1n) is 5.02. The van der Waals surface area contributed by atoms with Gasteiger partial charge in [-0.1, -0.05) is 24.3 Å². The van der Waals surface area contributed by atoms with E-state index in [9.17, 15) is 0 Å². The van der Waals surface area contributed by atoms with Gasteiger partial charge in [-0.3, -0.25) is 0 Å². The van der Waals surface area contributed by atoms with Gasteiger partial charge in [0.15, 0.2) is 0 Å². The van der Waals surface area contributed by atoms with Crippen LogP contribution in [0.2, 0.25) is 0 Å². The Balaban J connectivity index is 2.33. The molecule has 1 aliphatic rings. The summed E-state index contributed by atoms with van der Waals surface area (Å²) in [5.41, 5.74) is 18.3. The zero-order valence-corrected chi connectivity index (χ0v) is 8.33. The fraction of sp³-hybridized carbons (Fsp3) is 0.0769. The van der Waals surface area contributed by atoms with Gasteiger partial charge in [-0.2, -0.15) is 0 Å². The van der Waals surface area contributed by atoms with E-state index in [1.807, 2.05) is 18.2 Å². The van der Waals surface area contributed by atoms with Crippen molar-refractivity contribution in [1.82, 2.24) is 0 Å². The average Bonchev–Trinajstić information content (AvgIpc) is 2.54. The van der Waals surface area contributed by atoms with E-state index >= 15 is 0 Å². The van der Waals surface area contributed by atoms with Crippen LogP contribution >= 0.6 is 0 Å². The second-order valence-electron chi connectivity index (χ2n) is 3.98. The van der Waals surface area contributed by atoms with Crippen LogP contribution in [0.1, 0.15) is 11.1 Å². The van der Waals surface area contributed by atoms with Gasteiger partial charge in [0.1, 0.15) is 0 Å². The molecule has 0 aliphatic heterocycles. The van der Waals surface area contributed by atoms with Crippen molar-refractivity contribution < 1.29 is 0 Å². The van der Waals surface area contributed by atoms with Gasteiger partial charge < -0.3 is 11.5 Å². The summed E-state index contributed by atoms with van der Waals surface area (Å²) in [5.74, 6) is 0. The highest BCUT2D eigenvalue weighted by atomic mass is 14.6. The molecule has 0 heterocycles. The highest BCUT2D eigenvalue weighted by Gasteiger charge is 2.20. The Hall–Kier alpha value is -1.96. The van der Waals surface area contributed by atoms with Crippen molar-refractivity contribution >= 4 is 11.4 Å². The Morgan fingerprint density at radius 3 is 2.60 bits per heavy atom. The Morgan fingerprint density at radius 2 is 1.73 bits per heavy atom. The second kappa shape index (κ2) is 2.76. The zero-order chi connectivity index (χ0) is 10.4. The molecule has 0 radical (unpaired) electrons. The number of anilines is 2. The fourth-order valence-electron chi connectivity index (χ4n) is 2.34. The summed E-state index contributed by atoms with van der Waals surface area (Å²) >= 11 is 0. The number of hydrogen-bond donors (Lipinski definition) is 2. The van der Waals surface area contributed by atoms with Gasteiger partial charge in [-0.15, -0.1) is 0 Å². The van der Waals surface area contributed by atoms with Crippen LogP contribution in [0.15, 0.2) is 36.4 Å². The summed E-state index contributed by atoms with van der Waals surface area (Å²) < 4.78 is 0. The van der Waals surface area contributed by atoms with Gasteiger partial charge in [-0.05, 0) is 35.2 Å². The Morgan fingerprint density at radius 1 is 0.933 bits per heavy atom. The van der Waals surface area contributed by atoms with E-state index in [4.69, 9.17) is 11.5 Å². The van der Waals surface area contributed by atoms with Crippen molar-refractivity contribution in [3.63, 3.8) is 0 Å². The SMILES string of the molecule is Nc1cc(N)c2c(c1)Cc1ccccc1-2. The standard InChI is InChI=1S/C13H12N2/c14-10-6-9-5-8-3-1-2-4-11(8)13(9)12(15)7-10/h1-4,6-7H,5,14-15H2. The van der Waals surface area contributed by atoms with Crippen LogP contribution in [0, 0.1) is 0 Å². The maximum absolute atomic E-state index is 6.01. The molecule has 0 atom stereocenters. The van der Waals surface area contributed by atoms with Crippen molar-refractivity contribution in [2.24, 2.45) is 0 Å². The first kappa shape index (κ1) is 8.36. The number of hydrogen-bond acceptors (Lipinski definition) is 2. The maximum Gasteiger partial charge on any atom is 0.0417 e. The molecule has 2 aromatic rings. The number of rotatable bonds is 0. The lowest BCUT2D eigenvalue weighted by molar-refractivity contribution is 1.26. The predicted octanol–water partition coefficient (Wildman–Crippen LogP) is 2.42. The van der Waals surface area contributed by atoms with Gasteiger partial charge in [0, 0.05) is 16.9 Å². The zero-order valence-electron chi connectivity index (χ0n) is 8.33. The Kier molecular flexibility index (Phi) is 1.54. The molecule has 0 spiro atoms. The third-order valence-electron chi connectivity index (χ3n) is 2.94. The predicted molar refractivity (Wildman–Crippen MR) is 63.5 cm³/mol. The largest absolute Gasteiger partial charge is 0.399 e. The van der Waals surface area contributed by atoms with Gasteiger partial charge in [-0.25, -0.2) is 0 Å². The molecule has 0 fully saturated rings. The normalized spacial score (nSPS) is 12.3. The highest BCUT2D eigenvalue weighted by Crippen LogP contribution is 2.41. The van der Waals surface area contributed by atoms with Gasteiger partial charge >= 0.3 is 0 Å². The fourth-order valence-corrected chi connectivity index (χ4v) is 2.34.